The SMILES string of the molecule is C=CCN1C(=O)C(O)NC2=C1CCCC2. The molecule has 4 nitrogen and oxygen atoms in total. The summed E-state index contributed by atoms with van der Waals surface area (Å²) < 4.78 is 0. The largest absolute Gasteiger partial charge is 0.366 e. The first-order valence-electron chi connectivity index (χ1n) is 5.33. The third kappa shape index (κ3) is 1.77. The minimum Gasteiger partial charge on any atom is -0.366 e. The fraction of sp³-hybridized carbons (Fsp3) is 0.545. The molecule has 0 bridgehead atoms. The molecule has 1 aliphatic heterocycles. The summed E-state index contributed by atoms with van der Waals surface area (Å²) in [6, 6.07) is 0. The summed E-state index contributed by atoms with van der Waals surface area (Å²) in [4.78, 5) is 13.3. The van der Waals surface area contributed by atoms with Crippen molar-refractivity contribution in [1.29, 1.82) is 0 Å². The van der Waals surface area contributed by atoms with Gasteiger partial charge < -0.3 is 15.3 Å². The van der Waals surface area contributed by atoms with Gasteiger partial charge in [0.2, 0.25) is 6.23 Å². The summed E-state index contributed by atoms with van der Waals surface area (Å²) in [5, 5.41) is 12.4. The van der Waals surface area contributed by atoms with Crippen molar-refractivity contribution < 1.29 is 9.90 Å². The van der Waals surface area contributed by atoms with Gasteiger partial charge in [-0.05, 0) is 25.7 Å². The zero-order chi connectivity index (χ0) is 10.8. The van der Waals surface area contributed by atoms with Crippen molar-refractivity contribution in [1.82, 2.24) is 10.2 Å². The van der Waals surface area contributed by atoms with Gasteiger partial charge in [0.25, 0.3) is 5.91 Å². The number of amides is 1. The Bertz CT molecular complexity index is 323. The Morgan fingerprint density at radius 3 is 3.00 bits per heavy atom. The lowest BCUT2D eigenvalue weighted by molar-refractivity contribution is -0.140. The Balaban J connectivity index is 2.30. The molecular weight excluding hydrogens is 192 g/mol. The molecule has 82 valence electrons. The Labute approximate surface area is 89.3 Å². The smallest absolute Gasteiger partial charge is 0.276 e. The molecule has 1 aliphatic carbocycles. The first-order valence-corrected chi connectivity index (χ1v) is 5.33. The van der Waals surface area contributed by atoms with Crippen LogP contribution in [-0.4, -0.2) is 28.7 Å². The van der Waals surface area contributed by atoms with Crippen LogP contribution in [0, 0.1) is 0 Å². The average molecular weight is 208 g/mol. The number of nitrogens with zero attached hydrogens (tertiary/aromatic N) is 1. The molecule has 2 rings (SSSR count). The lowest BCUT2D eigenvalue weighted by Gasteiger charge is -2.37. The molecule has 0 radical (unpaired) electrons. The summed E-state index contributed by atoms with van der Waals surface area (Å²) >= 11 is 0. The number of hydrogen-bond donors (Lipinski definition) is 2. The lowest BCUT2D eigenvalue weighted by Crippen LogP contribution is -2.51. The van der Waals surface area contributed by atoms with E-state index in [9.17, 15) is 9.90 Å². The van der Waals surface area contributed by atoms with E-state index in [0.29, 0.717) is 6.54 Å². The Morgan fingerprint density at radius 1 is 1.53 bits per heavy atom. The molecule has 1 atom stereocenters. The number of aliphatic hydroxyl groups excluding tert-OH is 1. The van der Waals surface area contributed by atoms with E-state index in [2.05, 4.69) is 11.9 Å². The standard InChI is InChI=1S/C11H16N2O2/c1-2-7-13-9-6-4-3-5-8(9)12-10(14)11(13)15/h2,10,12,14H,1,3-7H2. The Morgan fingerprint density at radius 2 is 2.27 bits per heavy atom. The summed E-state index contributed by atoms with van der Waals surface area (Å²) in [5.74, 6) is -0.268. The molecule has 2 N–H and O–H groups in total. The van der Waals surface area contributed by atoms with E-state index in [1.165, 1.54) is 0 Å². The topological polar surface area (TPSA) is 52.6 Å². The van der Waals surface area contributed by atoms with Crippen molar-refractivity contribution in [3.63, 3.8) is 0 Å². The third-order valence-electron chi connectivity index (χ3n) is 2.89. The third-order valence-corrected chi connectivity index (χ3v) is 2.89. The molecule has 0 aromatic heterocycles. The van der Waals surface area contributed by atoms with Crippen LogP contribution in [0.4, 0.5) is 0 Å². The summed E-state index contributed by atoms with van der Waals surface area (Å²) in [6.07, 6.45) is 4.67. The van der Waals surface area contributed by atoms with Gasteiger partial charge in [0.15, 0.2) is 0 Å². The van der Waals surface area contributed by atoms with Gasteiger partial charge in [-0.3, -0.25) is 4.79 Å². The minimum atomic E-state index is -1.08. The summed E-state index contributed by atoms with van der Waals surface area (Å²) in [5.41, 5.74) is 2.06. The van der Waals surface area contributed by atoms with Gasteiger partial charge in [-0.1, -0.05) is 6.08 Å². The molecule has 1 unspecified atom stereocenters. The normalized spacial score (nSPS) is 26.1. The average Bonchev–Trinajstić information content (AvgIpc) is 2.25. The van der Waals surface area contributed by atoms with Crippen LogP contribution < -0.4 is 5.32 Å². The van der Waals surface area contributed by atoms with Crippen LogP contribution in [0.15, 0.2) is 24.0 Å². The van der Waals surface area contributed by atoms with Crippen molar-refractivity contribution in [2.45, 2.75) is 31.9 Å². The highest BCUT2D eigenvalue weighted by Crippen LogP contribution is 2.29. The van der Waals surface area contributed by atoms with Gasteiger partial charge in [-0.15, -0.1) is 6.58 Å². The number of aliphatic hydroxyl groups is 1. The molecule has 1 heterocycles. The van der Waals surface area contributed by atoms with Crippen molar-refractivity contribution in [2.24, 2.45) is 0 Å². The van der Waals surface area contributed by atoms with Crippen LogP contribution in [-0.2, 0) is 4.79 Å². The Hall–Kier alpha value is -1.29. The van der Waals surface area contributed by atoms with Crippen LogP contribution in [0.3, 0.4) is 0 Å². The highest BCUT2D eigenvalue weighted by Gasteiger charge is 2.32. The van der Waals surface area contributed by atoms with E-state index < -0.39 is 6.23 Å². The van der Waals surface area contributed by atoms with Crippen LogP contribution in [0.1, 0.15) is 25.7 Å². The van der Waals surface area contributed by atoms with Gasteiger partial charge >= 0.3 is 0 Å². The molecule has 0 aromatic rings. The zero-order valence-electron chi connectivity index (χ0n) is 8.70. The molecule has 0 saturated carbocycles. The molecule has 1 amide bonds. The van der Waals surface area contributed by atoms with E-state index in [1.54, 1.807) is 11.0 Å². The quantitative estimate of drug-likeness (QED) is 0.657. The highest BCUT2D eigenvalue weighted by atomic mass is 16.3. The first kappa shape index (κ1) is 10.2. The fourth-order valence-corrected chi connectivity index (χ4v) is 2.18. The predicted octanol–water partition coefficient (Wildman–Crippen LogP) is 0.708. The first-order chi connectivity index (χ1) is 7.24. The number of rotatable bonds is 2. The maximum absolute atomic E-state index is 11.7. The predicted molar refractivity (Wildman–Crippen MR) is 56.5 cm³/mol. The van der Waals surface area contributed by atoms with Crippen LogP contribution in [0.5, 0.6) is 0 Å². The highest BCUT2D eigenvalue weighted by molar-refractivity contribution is 5.83. The molecule has 0 spiro atoms. The van der Waals surface area contributed by atoms with E-state index in [0.717, 1.165) is 37.1 Å². The molecule has 2 aliphatic rings. The van der Waals surface area contributed by atoms with Gasteiger partial charge in [-0.25, -0.2) is 0 Å². The van der Waals surface area contributed by atoms with Crippen molar-refractivity contribution in [2.75, 3.05) is 6.54 Å². The number of nitrogens with one attached hydrogen (secondary N) is 1. The number of allylic oxidation sites excluding steroid dienone is 2. The Kier molecular flexibility index (Phi) is 2.77. The molecule has 0 saturated heterocycles. The van der Waals surface area contributed by atoms with Gasteiger partial charge in [0.05, 0.1) is 0 Å². The van der Waals surface area contributed by atoms with Crippen LogP contribution in [0.25, 0.3) is 0 Å². The molecule has 15 heavy (non-hydrogen) atoms. The van der Waals surface area contributed by atoms with Gasteiger partial charge in [-0.2, -0.15) is 0 Å². The van der Waals surface area contributed by atoms with Gasteiger partial charge in [0.1, 0.15) is 0 Å². The van der Waals surface area contributed by atoms with Crippen molar-refractivity contribution >= 4 is 5.91 Å². The summed E-state index contributed by atoms with van der Waals surface area (Å²) in [7, 11) is 0. The fourth-order valence-electron chi connectivity index (χ4n) is 2.18. The van der Waals surface area contributed by atoms with Crippen molar-refractivity contribution in [3.05, 3.63) is 24.0 Å². The second-order valence-corrected chi connectivity index (χ2v) is 3.92. The lowest BCUT2D eigenvalue weighted by atomic mass is 9.98. The monoisotopic (exact) mass is 208 g/mol. The second-order valence-electron chi connectivity index (χ2n) is 3.92. The number of carbonyl (C=O) groups is 1. The maximum atomic E-state index is 11.7. The summed E-state index contributed by atoms with van der Waals surface area (Å²) in [6.45, 7) is 4.12. The number of hydrogen-bond acceptors (Lipinski definition) is 3. The molecular formula is C11H16N2O2. The molecule has 0 aromatic carbocycles. The minimum absolute atomic E-state index is 0.268. The van der Waals surface area contributed by atoms with Crippen molar-refractivity contribution in [3.8, 4) is 0 Å². The van der Waals surface area contributed by atoms with E-state index >= 15 is 0 Å². The van der Waals surface area contributed by atoms with Gasteiger partial charge in [0, 0.05) is 17.9 Å². The van der Waals surface area contributed by atoms with E-state index in [-0.39, 0.29) is 5.91 Å². The molecule has 0 fully saturated rings. The maximum Gasteiger partial charge on any atom is 0.276 e. The van der Waals surface area contributed by atoms with E-state index in [4.69, 9.17) is 0 Å². The molecule has 4 heteroatoms. The zero-order valence-corrected chi connectivity index (χ0v) is 8.70. The van der Waals surface area contributed by atoms with E-state index in [1.807, 2.05) is 0 Å². The van der Waals surface area contributed by atoms with Crippen LogP contribution in [0.2, 0.25) is 0 Å². The second kappa shape index (κ2) is 4.06. The number of carbonyl (C=O) groups excluding carboxylic acids is 1. The van der Waals surface area contributed by atoms with Crippen LogP contribution >= 0.6 is 0 Å².